The molecule has 0 spiro atoms. The van der Waals surface area contributed by atoms with Gasteiger partial charge in [-0.25, -0.2) is 5.01 Å². The molecule has 0 radical (unpaired) electrons. The highest BCUT2D eigenvalue weighted by molar-refractivity contribution is 5.41. The number of nitrogens with zero attached hydrogens (tertiary/aromatic N) is 1. The zero-order valence-corrected chi connectivity index (χ0v) is 8.32. The largest absolute Gasteiger partial charge is 0.319 e. The molecule has 2 atom stereocenters. The van der Waals surface area contributed by atoms with Crippen LogP contribution in [0.25, 0.3) is 0 Å². The summed E-state index contributed by atoms with van der Waals surface area (Å²) in [5.74, 6) is 0.955. The number of anilines is 1. The van der Waals surface area contributed by atoms with E-state index < -0.39 is 0 Å². The van der Waals surface area contributed by atoms with Crippen molar-refractivity contribution in [3.63, 3.8) is 0 Å². The number of piperidine rings is 1. The summed E-state index contributed by atoms with van der Waals surface area (Å²) in [4.78, 5) is 0. The van der Waals surface area contributed by atoms with Crippen molar-refractivity contribution in [3.8, 4) is 0 Å². The Morgan fingerprint density at radius 3 is 2.64 bits per heavy atom. The molecule has 3 rings (SSSR count). The average Bonchev–Trinajstić information content (AvgIpc) is 2.81. The average molecular weight is 188 g/mol. The molecule has 0 amide bonds. The Morgan fingerprint density at radius 2 is 2.00 bits per heavy atom. The molecule has 1 saturated heterocycles. The number of para-hydroxylation sites is 1. The fraction of sp³-hybridized carbons (Fsp3) is 0.500. The zero-order valence-electron chi connectivity index (χ0n) is 8.32. The van der Waals surface area contributed by atoms with Gasteiger partial charge >= 0.3 is 0 Å². The number of hydrogen-bond acceptors (Lipinski definition) is 2. The van der Waals surface area contributed by atoms with E-state index in [0.717, 1.165) is 12.0 Å². The third-order valence-electron chi connectivity index (χ3n) is 3.46. The van der Waals surface area contributed by atoms with Crippen LogP contribution in [0.5, 0.6) is 0 Å². The molecule has 0 aromatic heterocycles. The molecular formula is C12H16N2. The van der Waals surface area contributed by atoms with Gasteiger partial charge < -0.3 is 5.43 Å². The highest BCUT2D eigenvalue weighted by atomic mass is 15.5. The number of hydrogen-bond donors (Lipinski definition) is 1. The summed E-state index contributed by atoms with van der Waals surface area (Å²) < 4.78 is 0. The summed E-state index contributed by atoms with van der Waals surface area (Å²) in [6.45, 7) is 1.24. The zero-order chi connectivity index (χ0) is 9.38. The van der Waals surface area contributed by atoms with Gasteiger partial charge in [0.2, 0.25) is 0 Å². The van der Waals surface area contributed by atoms with Crippen LogP contribution in [0, 0.1) is 5.92 Å². The van der Waals surface area contributed by atoms with Crippen molar-refractivity contribution < 1.29 is 0 Å². The number of nitrogens with one attached hydrogen (secondary N) is 1. The fourth-order valence-electron chi connectivity index (χ4n) is 2.74. The predicted octanol–water partition coefficient (Wildman–Crippen LogP) is 2.50. The molecule has 2 nitrogen and oxygen atoms in total. The van der Waals surface area contributed by atoms with Crippen LogP contribution < -0.4 is 5.43 Å². The molecular weight excluding hydrogens is 172 g/mol. The normalized spacial score (nSPS) is 30.9. The Bertz CT molecular complexity index is 309. The van der Waals surface area contributed by atoms with E-state index in [0.29, 0.717) is 0 Å². The monoisotopic (exact) mass is 188 g/mol. The minimum Gasteiger partial charge on any atom is -0.319 e. The number of rotatable bonds is 2. The van der Waals surface area contributed by atoms with Crippen LogP contribution in [0.3, 0.4) is 0 Å². The summed E-state index contributed by atoms with van der Waals surface area (Å²) in [6.07, 6.45) is 4.22. The molecule has 1 aromatic carbocycles. The highest BCUT2D eigenvalue weighted by Crippen LogP contribution is 2.37. The molecule has 1 heterocycles. The molecule has 1 aliphatic heterocycles. The van der Waals surface area contributed by atoms with Crippen molar-refractivity contribution in [2.45, 2.75) is 25.3 Å². The van der Waals surface area contributed by atoms with Crippen LogP contribution in [0.15, 0.2) is 30.3 Å². The standard InChI is InChI=1S/C12H16N2/c1-2-4-11(5-3-1)13-14-9-10-6-7-12(14)8-10/h1-5,10,12-13H,6-9H2/t10-,12+/m0/s1. The van der Waals surface area contributed by atoms with E-state index >= 15 is 0 Å². The van der Waals surface area contributed by atoms with Gasteiger partial charge in [0.25, 0.3) is 0 Å². The lowest BCUT2D eigenvalue weighted by atomic mass is 10.1. The number of benzene rings is 1. The topological polar surface area (TPSA) is 15.3 Å². The maximum absolute atomic E-state index is 3.51. The third kappa shape index (κ3) is 1.40. The molecule has 2 heteroatoms. The van der Waals surface area contributed by atoms with E-state index in [2.05, 4.69) is 40.8 Å². The summed E-state index contributed by atoms with van der Waals surface area (Å²) >= 11 is 0. The summed E-state index contributed by atoms with van der Waals surface area (Å²) in [6, 6.07) is 11.3. The highest BCUT2D eigenvalue weighted by Gasteiger charge is 2.37. The Hall–Kier alpha value is -1.02. The van der Waals surface area contributed by atoms with Crippen LogP contribution in [0.2, 0.25) is 0 Å². The second-order valence-electron chi connectivity index (χ2n) is 4.46. The minimum absolute atomic E-state index is 0.792. The van der Waals surface area contributed by atoms with Crippen LogP contribution in [0.1, 0.15) is 19.3 Å². The third-order valence-corrected chi connectivity index (χ3v) is 3.46. The molecule has 2 aliphatic rings. The molecule has 74 valence electrons. The van der Waals surface area contributed by atoms with Crippen molar-refractivity contribution in [1.29, 1.82) is 0 Å². The summed E-state index contributed by atoms with van der Waals surface area (Å²) in [7, 11) is 0. The van der Waals surface area contributed by atoms with Gasteiger partial charge in [0.1, 0.15) is 0 Å². The quantitative estimate of drug-likeness (QED) is 0.767. The number of hydrazine groups is 1. The van der Waals surface area contributed by atoms with Crippen LogP contribution in [-0.2, 0) is 0 Å². The second kappa shape index (κ2) is 3.28. The van der Waals surface area contributed by atoms with E-state index in [1.165, 1.54) is 31.5 Å². The van der Waals surface area contributed by atoms with Gasteiger partial charge in [-0.3, -0.25) is 0 Å². The Balaban J connectivity index is 1.69. The molecule has 0 unspecified atom stereocenters. The minimum atomic E-state index is 0.792. The van der Waals surface area contributed by atoms with E-state index in [4.69, 9.17) is 0 Å². The van der Waals surface area contributed by atoms with Gasteiger partial charge in [0.05, 0.1) is 0 Å². The van der Waals surface area contributed by atoms with Crippen molar-refractivity contribution in [1.82, 2.24) is 5.01 Å². The molecule has 2 fully saturated rings. The van der Waals surface area contributed by atoms with Gasteiger partial charge in [-0.2, -0.15) is 0 Å². The molecule has 1 aliphatic carbocycles. The first-order valence-electron chi connectivity index (χ1n) is 5.50. The smallest absolute Gasteiger partial charge is 0.0490 e. The van der Waals surface area contributed by atoms with Crippen molar-refractivity contribution in [2.24, 2.45) is 5.92 Å². The molecule has 1 saturated carbocycles. The molecule has 1 N–H and O–H groups in total. The van der Waals surface area contributed by atoms with Gasteiger partial charge in [-0.15, -0.1) is 0 Å². The van der Waals surface area contributed by atoms with Crippen LogP contribution in [-0.4, -0.2) is 17.6 Å². The molecule has 2 bridgehead atoms. The first-order chi connectivity index (χ1) is 6.92. The Morgan fingerprint density at radius 1 is 1.14 bits per heavy atom. The van der Waals surface area contributed by atoms with Gasteiger partial charge in [0, 0.05) is 18.3 Å². The Kier molecular flexibility index (Phi) is 1.95. The van der Waals surface area contributed by atoms with Crippen LogP contribution in [0.4, 0.5) is 5.69 Å². The maximum Gasteiger partial charge on any atom is 0.0490 e. The van der Waals surface area contributed by atoms with Crippen molar-refractivity contribution in [3.05, 3.63) is 30.3 Å². The first-order valence-corrected chi connectivity index (χ1v) is 5.50. The van der Waals surface area contributed by atoms with Crippen molar-refractivity contribution in [2.75, 3.05) is 12.0 Å². The van der Waals surface area contributed by atoms with Gasteiger partial charge in [-0.05, 0) is 37.3 Å². The maximum atomic E-state index is 3.51. The fourth-order valence-corrected chi connectivity index (χ4v) is 2.74. The second-order valence-corrected chi connectivity index (χ2v) is 4.46. The summed E-state index contributed by atoms with van der Waals surface area (Å²) in [5, 5.41) is 2.42. The van der Waals surface area contributed by atoms with Crippen molar-refractivity contribution >= 4 is 5.69 Å². The molecule has 1 aromatic rings. The lowest BCUT2D eigenvalue weighted by Gasteiger charge is -2.28. The van der Waals surface area contributed by atoms with E-state index in [1.807, 2.05) is 0 Å². The lowest BCUT2D eigenvalue weighted by molar-refractivity contribution is 0.258. The lowest BCUT2D eigenvalue weighted by Crippen LogP contribution is -2.36. The van der Waals surface area contributed by atoms with E-state index in [1.54, 1.807) is 0 Å². The van der Waals surface area contributed by atoms with E-state index in [-0.39, 0.29) is 0 Å². The summed E-state index contributed by atoms with van der Waals surface area (Å²) in [5.41, 5.74) is 4.73. The first kappa shape index (κ1) is 8.30. The SMILES string of the molecule is c1ccc(NN2C[C@H]3CC[C@@H]2C3)cc1. The number of fused-ring (bicyclic) bond motifs is 2. The predicted molar refractivity (Wildman–Crippen MR) is 57.9 cm³/mol. The van der Waals surface area contributed by atoms with Gasteiger partial charge in [0.15, 0.2) is 0 Å². The Labute approximate surface area is 84.9 Å². The van der Waals surface area contributed by atoms with E-state index in [9.17, 15) is 0 Å². The van der Waals surface area contributed by atoms with Gasteiger partial charge in [-0.1, -0.05) is 18.2 Å². The molecule has 14 heavy (non-hydrogen) atoms. The van der Waals surface area contributed by atoms with Crippen LogP contribution >= 0.6 is 0 Å².